The Morgan fingerprint density at radius 3 is 1.95 bits per heavy atom. The van der Waals surface area contributed by atoms with E-state index in [0.717, 1.165) is 5.69 Å². The van der Waals surface area contributed by atoms with Crippen LogP contribution in [0.3, 0.4) is 0 Å². The topological polar surface area (TPSA) is 58.2 Å². The molecule has 0 aromatic heterocycles. The van der Waals surface area contributed by atoms with Crippen LogP contribution in [-0.2, 0) is 10.0 Å². The summed E-state index contributed by atoms with van der Waals surface area (Å²) in [5.41, 5.74) is 1.14. The molecule has 0 saturated carbocycles. The van der Waals surface area contributed by atoms with Crippen molar-refractivity contribution in [2.75, 3.05) is 17.1 Å². The summed E-state index contributed by atoms with van der Waals surface area (Å²) in [6.45, 7) is 0. The fraction of sp³-hybridized carbons (Fsp3) is 0.0769. The second-order valence-corrected chi connectivity index (χ2v) is 5.57. The molecule has 0 radical (unpaired) electrons. The highest BCUT2D eigenvalue weighted by Crippen LogP contribution is 2.18. The minimum absolute atomic E-state index is 0.149. The predicted octanol–water partition coefficient (Wildman–Crippen LogP) is 2.67. The van der Waals surface area contributed by atoms with Gasteiger partial charge in [0.15, 0.2) is 0 Å². The Balaban J connectivity index is 2.24. The number of hydrogen-bond donors (Lipinski definition) is 2. The van der Waals surface area contributed by atoms with Gasteiger partial charge in [0.05, 0.1) is 4.90 Å². The minimum atomic E-state index is -3.65. The number of rotatable bonds is 4. The molecule has 0 aliphatic carbocycles. The van der Waals surface area contributed by atoms with Gasteiger partial charge in [0.1, 0.15) is 5.82 Å². The summed E-state index contributed by atoms with van der Waals surface area (Å²) in [5.74, 6) is -0.415. The quantitative estimate of drug-likeness (QED) is 0.905. The van der Waals surface area contributed by atoms with Gasteiger partial charge in [0, 0.05) is 18.4 Å². The van der Waals surface area contributed by atoms with Gasteiger partial charge in [-0.05, 0) is 48.5 Å². The number of anilines is 2. The predicted molar refractivity (Wildman–Crippen MR) is 73.2 cm³/mol. The van der Waals surface area contributed by atoms with Crippen LogP contribution in [0.4, 0.5) is 15.8 Å². The SMILES string of the molecule is CNc1ccc(S(=O)(=O)Nc2ccc(F)cc2)cc1. The molecule has 0 aliphatic rings. The summed E-state index contributed by atoms with van der Waals surface area (Å²) in [7, 11) is -1.90. The molecule has 0 spiro atoms. The van der Waals surface area contributed by atoms with E-state index >= 15 is 0 Å². The highest BCUT2D eigenvalue weighted by Gasteiger charge is 2.13. The van der Waals surface area contributed by atoms with Crippen LogP contribution >= 0.6 is 0 Å². The first kappa shape index (κ1) is 13.4. The third-order valence-corrected chi connectivity index (χ3v) is 3.95. The van der Waals surface area contributed by atoms with E-state index in [1.807, 2.05) is 0 Å². The lowest BCUT2D eigenvalue weighted by molar-refractivity contribution is 0.601. The summed E-state index contributed by atoms with van der Waals surface area (Å²) >= 11 is 0. The lowest BCUT2D eigenvalue weighted by Crippen LogP contribution is -2.12. The van der Waals surface area contributed by atoms with Crippen molar-refractivity contribution in [3.8, 4) is 0 Å². The third kappa shape index (κ3) is 3.23. The van der Waals surface area contributed by atoms with Crippen molar-refractivity contribution in [1.29, 1.82) is 0 Å². The van der Waals surface area contributed by atoms with Gasteiger partial charge in [-0.1, -0.05) is 0 Å². The molecule has 2 aromatic carbocycles. The fourth-order valence-electron chi connectivity index (χ4n) is 1.53. The smallest absolute Gasteiger partial charge is 0.261 e. The molecule has 2 aromatic rings. The molecule has 0 atom stereocenters. The average Bonchev–Trinajstić information content (AvgIpc) is 2.41. The second kappa shape index (κ2) is 5.27. The molecular formula is C13H13FN2O2S. The zero-order valence-electron chi connectivity index (χ0n) is 10.2. The number of benzene rings is 2. The molecule has 6 heteroatoms. The molecule has 0 heterocycles. The monoisotopic (exact) mass is 280 g/mol. The van der Waals surface area contributed by atoms with E-state index in [-0.39, 0.29) is 4.90 Å². The van der Waals surface area contributed by atoms with E-state index in [0.29, 0.717) is 5.69 Å². The van der Waals surface area contributed by atoms with Gasteiger partial charge >= 0.3 is 0 Å². The first-order valence-corrected chi connectivity index (χ1v) is 7.06. The molecule has 0 unspecified atom stereocenters. The molecule has 0 fully saturated rings. The van der Waals surface area contributed by atoms with Gasteiger partial charge in [-0.15, -0.1) is 0 Å². The summed E-state index contributed by atoms with van der Waals surface area (Å²) in [6, 6.07) is 11.5. The molecule has 4 nitrogen and oxygen atoms in total. The Hall–Kier alpha value is -2.08. The highest BCUT2D eigenvalue weighted by atomic mass is 32.2. The lowest BCUT2D eigenvalue weighted by atomic mass is 10.3. The van der Waals surface area contributed by atoms with Gasteiger partial charge in [-0.3, -0.25) is 4.72 Å². The standard InChI is InChI=1S/C13H13FN2O2S/c1-15-11-6-8-13(9-7-11)19(17,18)16-12-4-2-10(14)3-5-12/h2-9,15-16H,1H3. The van der Waals surface area contributed by atoms with E-state index in [2.05, 4.69) is 10.0 Å². The molecule has 0 aliphatic heterocycles. The Labute approximate surface area is 111 Å². The van der Waals surface area contributed by atoms with Crippen LogP contribution in [0.2, 0.25) is 0 Å². The number of nitrogens with one attached hydrogen (secondary N) is 2. The summed E-state index contributed by atoms with van der Waals surface area (Å²) in [6.07, 6.45) is 0. The van der Waals surface area contributed by atoms with Crippen molar-refractivity contribution < 1.29 is 12.8 Å². The van der Waals surface area contributed by atoms with Crippen molar-refractivity contribution in [1.82, 2.24) is 0 Å². The Kier molecular flexibility index (Phi) is 3.71. The zero-order valence-corrected chi connectivity index (χ0v) is 11.0. The first-order valence-electron chi connectivity index (χ1n) is 5.57. The van der Waals surface area contributed by atoms with Gasteiger partial charge in [0.2, 0.25) is 0 Å². The van der Waals surface area contributed by atoms with Gasteiger partial charge in [0.25, 0.3) is 10.0 Å². The van der Waals surface area contributed by atoms with Crippen LogP contribution in [0, 0.1) is 5.82 Å². The van der Waals surface area contributed by atoms with E-state index in [1.54, 1.807) is 19.2 Å². The summed E-state index contributed by atoms with van der Waals surface area (Å²) < 4.78 is 39.2. The largest absolute Gasteiger partial charge is 0.388 e. The van der Waals surface area contributed by atoms with Crippen LogP contribution in [0.25, 0.3) is 0 Å². The number of sulfonamides is 1. The third-order valence-electron chi connectivity index (χ3n) is 2.55. The molecule has 19 heavy (non-hydrogen) atoms. The van der Waals surface area contributed by atoms with E-state index in [9.17, 15) is 12.8 Å². The van der Waals surface area contributed by atoms with E-state index in [1.165, 1.54) is 36.4 Å². The van der Waals surface area contributed by atoms with Gasteiger partial charge < -0.3 is 5.32 Å². The van der Waals surface area contributed by atoms with Crippen molar-refractivity contribution >= 4 is 21.4 Å². The first-order chi connectivity index (χ1) is 9.01. The number of halogens is 1. The molecule has 2 N–H and O–H groups in total. The summed E-state index contributed by atoms with van der Waals surface area (Å²) in [5, 5.41) is 2.90. The van der Waals surface area contributed by atoms with Crippen LogP contribution < -0.4 is 10.0 Å². The van der Waals surface area contributed by atoms with Crippen LogP contribution in [0.15, 0.2) is 53.4 Å². The van der Waals surface area contributed by atoms with Gasteiger partial charge in [-0.2, -0.15) is 0 Å². The van der Waals surface area contributed by atoms with Gasteiger partial charge in [-0.25, -0.2) is 12.8 Å². The van der Waals surface area contributed by atoms with Crippen LogP contribution in [0.5, 0.6) is 0 Å². The van der Waals surface area contributed by atoms with E-state index < -0.39 is 15.8 Å². The molecular weight excluding hydrogens is 267 g/mol. The molecule has 0 saturated heterocycles. The second-order valence-electron chi connectivity index (χ2n) is 3.89. The normalized spacial score (nSPS) is 11.1. The Morgan fingerprint density at radius 1 is 0.895 bits per heavy atom. The maximum absolute atomic E-state index is 12.7. The van der Waals surface area contributed by atoms with E-state index in [4.69, 9.17) is 0 Å². The minimum Gasteiger partial charge on any atom is -0.388 e. The lowest BCUT2D eigenvalue weighted by Gasteiger charge is -2.08. The molecule has 0 amide bonds. The summed E-state index contributed by atoms with van der Waals surface area (Å²) in [4.78, 5) is 0.149. The van der Waals surface area contributed by atoms with Crippen LogP contribution in [0.1, 0.15) is 0 Å². The van der Waals surface area contributed by atoms with Crippen molar-refractivity contribution in [3.05, 3.63) is 54.3 Å². The zero-order chi connectivity index (χ0) is 13.9. The molecule has 2 rings (SSSR count). The molecule has 0 bridgehead atoms. The maximum atomic E-state index is 12.7. The van der Waals surface area contributed by atoms with Crippen molar-refractivity contribution in [3.63, 3.8) is 0 Å². The Bertz CT molecular complexity index is 652. The van der Waals surface area contributed by atoms with Crippen LogP contribution in [-0.4, -0.2) is 15.5 Å². The maximum Gasteiger partial charge on any atom is 0.261 e. The number of hydrogen-bond acceptors (Lipinski definition) is 3. The van der Waals surface area contributed by atoms with Crippen molar-refractivity contribution in [2.24, 2.45) is 0 Å². The molecule has 100 valence electrons. The van der Waals surface area contributed by atoms with Crippen molar-refractivity contribution in [2.45, 2.75) is 4.90 Å². The highest BCUT2D eigenvalue weighted by molar-refractivity contribution is 7.92. The Morgan fingerprint density at radius 2 is 1.42 bits per heavy atom. The fourth-order valence-corrected chi connectivity index (χ4v) is 2.59. The average molecular weight is 280 g/mol.